The molecule has 5 nitrogen and oxygen atoms in total. The summed E-state index contributed by atoms with van der Waals surface area (Å²) in [5.41, 5.74) is 0.792. The van der Waals surface area contributed by atoms with Gasteiger partial charge in [0.25, 0.3) is 5.91 Å². The predicted molar refractivity (Wildman–Crippen MR) is 70.0 cm³/mol. The number of carbonyl (C=O) groups is 1. The normalized spacial score (nSPS) is 10.9. The van der Waals surface area contributed by atoms with Crippen molar-refractivity contribution in [2.75, 3.05) is 6.54 Å². The molecule has 0 fully saturated rings. The molecule has 0 unspecified atom stereocenters. The lowest BCUT2D eigenvalue weighted by molar-refractivity contribution is 0.0916. The molecule has 0 atom stereocenters. The van der Waals surface area contributed by atoms with Crippen molar-refractivity contribution in [1.29, 1.82) is 0 Å². The quantitative estimate of drug-likeness (QED) is 0.813. The van der Waals surface area contributed by atoms with E-state index in [2.05, 4.69) is 10.5 Å². The molecule has 2 heterocycles. The molecule has 0 saturated heterocycles. The van der Waals surface area contributed by atoms with Crippen molar-refractivity contribution in [1.82, 2.24) is 10.5 Å². The van der Waals surface area contributed by atoms with Gasteiger partial charge in [0.15, 0.2) is 0 Å². The molecule has 0 spiro atoms. The van der Waals surface area contributed by atoms with Crippen LogP contribution in [0.3, 0.4) is 0 Å². The van der Waals surface area contributed by atoms with E-state index in [4.69, 9.17) is 8.94 Å². The van der Waals surface area contributed by atoms with E-state index in [0.29, 0.717) is 6.54 Å². The molecule has 1 N–H and O–H groups in total. The molecule has 102 valence electrons. The van der Waals surface area contributed by atoms with Crippen molar-refractivity contribution in [3.8, 4) is 0 Å². The van der Waals surface area contributed by atoms with Gasteiger partial charge in [0.1, 0.15) is 5.76 Å². The molecule has 1 amide bonds. The van der Waals surface area contributed by atoms with Gasteiger partial charge in [-0.05, 0) is 24.5 Å². The number of carbonyl (C=O) groups excluding carboxylic acids is 1. The number of aromatic nitrogens is 1. The summed E-state index contributed by atoms with van der Waals surface area (Å²) in [6, 6.07) is 5.47. The molecule has 0 aliphatic carbocycles. The van der Waals surface area contributed by atoms with E-state index >= 15 is 0 Å². The third-order valence-corrected chi connectivity index (χ3v) is 2.81. The molecule has 0 aliphatic rings. The second-order valence-corrected chi connectivity index (χ2v) is 4.71. The highest BCUT2D eigenvalue weighted by atomic mass is 16.5. The third-order valence-electron chi connectivity index (χ3n) is 2.81. The van der Waals surface area contributed by atoms with Crippen LogP contribution in [0.1, 0.15) is 48.2 Å². The summed E-state index contributed by atoms with van der Waals surface area (Å²) in [5, 5.41) is 6.65. The fourth-order valence-corrected chi connectivity index (χ4v) is 1.67. The molecule has 19 heavy (non-hydrogen) atoms. The fraction of sp³-hybridized carbons (Fsp3) is 0.429. The Morgan fingerprint density at radius 1 is 1.47 bits per heavy atom. The Hall–Kier alpha value is -2.04. The van der Waals surface area contributed by atoms with Crippen LogP contribution in [0.5, 0.6) is 0 Å². The highest BCUT2D eigenvalue weighted by molar-refractivity contribution is 5.91. The van der Waals surface area contributed by atoms with Crippen LogP contribution < -0.4 is 5.32 Å². The maximum atomic E-state index is 11.8. The summed E-state index contributed by atoms with van der Waals surface area (Å²) in [7, 11) is 0. The minimum atomic E-state index is -0.223. The van der Waals surface area contributed by atoms with Gasteiger partial charge in [-0.1, -0.05) is 19.0 Å². The molecular weight excluding hydrogens is 244 g/mol. The van der Waals surface area contributed by atoms with E-state index in [1.54, 1.807) is 12.3 Å². The first-order valence-electron chi connectivity index (χ1n) is 6.44. The van der Waals surface area contributed by atoms with Gasteiger partial charge in [-0.25, -0.2) is 0 Å². The van der Waals surface area contributed by atoms with E-state index in [1.165, 1.54) is 0 Å². The topological polar surface area (TPSA) is 68.3 Å². The van der Waals surface area contributed by atoms with Gasteiger partial charge in [-0.3, -0.25) is 4.79 Å². The van der Waals surface area contributed by atoms with E-state index < -0.39 is 0 Å². The molecule has 5 heteroatoms. The van der Waals surface area contributed by atoms with E-state index in [9.17, 15) is 4.79 Å². The number of nitrogens with one attached hydrogen (secondary N) is 1. The van der Waals surface area contributed by atoms with Crippen LogP contribution in [0.4, 0.5) is 0 Å². The van der Waals surface area contributed by atoms with Crippen LogP contribution in [-0.4, -0.2) is 17.6 Å². The molecule has 0 aromatic carbocycles. The molecule has 2 aromatic heterocycles. The monoisotopic (exact) mass is 262 g/mol. The minimum absolute atomic E-state index is 0.223. The van der Waals surface area contributed by atoms with Gasteiger partial charge in [0, 0.05) is 19.0 Å². The highest BCUT2D eigenvalue weighted by Gasteiger charge is 2.13. The zero-order valence-corrected chi connectivity index (χ0v) is 11.2. The van der Waals surface area contributed by atoms with Gasteiger partial charge >= 0.3 is 0 Å². The van der Waals surface area contributed by atoms with Crippen LogP contribution in [-0.2, 0) is 6.42 Å². The van der Waals surface area contributed by atoms with Crippen molar-refractivity contribution in [3.05, 3.63) is 41.7 Å². The largest absolute Gasteiger partial charge is 0.469 e. The number of furan rings is 1. The first-order chi connectivity index (χ1) is 9.16. The Bertz CT molecular complexity index is 515. The lowest BCUT2D eigenvalue weighted by atomic mass is 10.1. The van der Waals surface area contributed by atoms with Crippen molar-refractivity contribution in [2.24, 2.45) is 0 Å². The lowest BCUT2D eigenvalue weighted by Gasteiger charge is -2.01. The van der Waals surface area contributed by atoms with Gasteiger partial charge in [0.05, 0.1) is 12.0 Å². The van der Waals surface area contributed by atoms with Crippen molar-refractivity contribution < 1.29 is 13.7 Å². The van der Waals surface area contributed by atoms with E-state index in [1.807, 2.05) is 26.0 Å². The molecule has 0 radical (unpaired) electrons. The summed E-state index contributed by atoms with van der Waals surface area (Å²) in [5.74, 6) is 1.22. The van der Waals surface area contributed by atoms with Gasteiger partial charge < -0.3 is 14.3 Å². The van der Waals surface area contributed by atoms with Crippen molar-refractivity contribution in [2.45, 2.75) is 32.6 Å². The SMILES string of the molecule is CC(C)c1cc(C(=O)NCCCc2ccco2)on1. The summed E-state index contributed by atoms with van der Waals surface area (Å²) in [6.45, 7) is 4.59. The number of hydrogen-bond donors (Lipinski definition) is 1. The van der Waals surface area contributed by atoms with E-state index in [0.717, 1.165) is 24.3 Å². The first kappa shape index (κ1) is 13.4. The molecule has 0 aliphatic heterocycles. The standard InChI is InChI=1S/C14H18N2O3/c1-10(2)12-9-13(19-16-12)14(17)15-7-3-5-11-6-4-8-18-11/h4,6,8-10H,3,5,7H2,1-2H3,(H,15,17). The van der Waals surface area contributed by atoms with Gasteiger partial charge in [0.2, 0.25) is 5.76 Å². The van der Waals surface area contributed by atoms with Crippen LogP contribution in [0.25, 0.3) is 0 Å². The number of rotatable bonds is 6. The number of aryl methyl sites for hydroxylation is 1. The zero-order valence-electron chi connectivity index (χ0n) is 11.2. The first-order valence-corrected chi connectivity index (χ1v) is 6.44. The summed E-state index contributed by atoms with van der Waals surface area (Å²) in [4.78, 5) is 11.8. The van der Waals surface area contributed by atoms with Gasteiger partial charge in [-0.2, -0.15) is 0 Å². The Kier molecular flexibility index (Phi) is 4.39. The summed E-state index contributed by atoms with van der Waals surface area (Å²) in [6.07, 6.45) is 3.28. The average Bonchev–Trinajstić information content (AvgIpc) is 3.05. The average molecular weight is 262 g/mol. The van der Waals surface area contributed by atoms with Crippen LogP contribution >= 0.6 is 0 Å². The summed E-state index contributed by atoms with van der Waals surface area (Å²) >= 11 is 0. The minimum Gasteiger partial charge on any atom is -0.469 e. The number of nitrogens with zero attached hydrogens (tertiary/aromatic N) is 1. The molecule has 0 bridgehead atoms. The second kappa shape index (κ2) is 6.22. The number of hydrogen-bond acceptors (Lipinski definition) is 4. The molecule has 2 rings (SSSR count). The summed E-state index contributed by atoms with van der Waals surface area (Å²) < 4.78 is 10.2. The van der Waals surface area contributed by atoms with Crippen LogP contribution in [0.2, 0.25) is 0 Å². The van der Waals surface area contributed by atoms with Gasteiger partial charge in [-0.15, -0.1) is 0 Å². The smallest absolute Gasteiger partial charge is 0.289 e. The maximum absolute atomic E-state index is 11.8. The molecule has 2 aromatic rings. The van der Waals surface area contributed by atoms with Crippen LogP contribution in [0, 0.1) is 0 Å². The maximum Gasteiger partial charge on any atom is 0.289 e. The Morgan fingerprint density at radius 3 is 2.95 bits per heavy atom. The third kappa shape index (κ3) is 3.71. The Morgan fingerprint density at radius 2 is 2.32 bits per heavy atom. The Labute approximate surface area is 112 Å². The molecule has 0 saturated carbocycles. The fourth-order valence-electron chi connectivity index (χ4n) is 1.67. The number of amides is 1. The van der Waals surface area contributed by atoms with Crippen LogP contribution in [0.15, 0.2) is 33.4 Å². The lowest BCUT2D eigenvalue weighted by Crippen LogP contribution is -2.24. The van der Waals surface area contributed by atoms with Crippen molar-refractivity contribution in [3.63, 3.8) is 0 Å². The zero-order chi connectivity index (χ0) is 13.7. The molecular formula is C14H18N2O3. The highest BCUT2D eigenvalue weighted by Crippen LogP contribution is 2.13. The van der Waals surface area contributed by atoms with Crippen molar-refractivity contribution >= 4 is 5.91 Å². The Balaban J connectivity index is 1.74. The predicted octanol–water partition coefficient (Wildman–Crippen LogP) is 2.75. The second-order valence-electron chi connectivity index (χ2n) is 4.71. The van der Waals surface area contributed by atoms with E-state index in [-0.39, 0.29) is 17.6 Å².